The topological polar surface area (TPSA) is 79.8 Å². The number of carbonyl (C=O) groups excluding carboxylic acids is 3. The van der Waals surface area contributed by atoms with E-state index >= 15 is 0 Å². The second-order valence-corrected chi connectivity index (χ2v) is 6.66. The largest absolute Gasteiger partial charge is 0.481 e. The average molecular weight is 341 g/mol. The van der Waals surface area contributed by atoms with Crippen molar-refractivity contribution in [2.24, 2.45) is 11.8 Å². The van der Waals surface area contributed by atoms with Gasteiger partial charge in [0.25, 0.3) is 5.91 Å². The van der Waals surface area contributed by atoms with Gasteiger partial charge in [0.15, 0.2) is 0 Å². The fourth-order valence-corrected chi connectivity index (χ4v) is 3.78. The Morgan fingerprint density at radius 2 is 1.76 bits per heavy atom. The monoisotopic (exact) mass is 341 g/mol. The molecule has 25 heavy (non-hydrogen) atoms. The molecule has 2 fully saturated rings. The van der Waals surface area contributed by atoms with Crippen LogP contribution >= 0.6 is 0 Å². The molecule has 3 aliphatic rings. The van der Waals surface area contributed by atoms with Crippen LogP contribution < -0.4 is 4.74 Å². The molecule has 4 rings (SSSR count). The molecule has 2 unspecified atom stereocenters. The molecule has 0 radical (unpaired) electrons. The maximum atomic E-state index is 12.5. The van der Waals surface area contributed by atoms with E-state index in [1.165, 1.54) is 18.2 Å². The van der Waals surface area contributed by atoms with Gasteiger partial charge < -0.3 is 9.64 Å². The third-order valence-corrected chi connectivity index (χ3v) is 5.25. The van der Waals surface area contributed by atoms with Crippen molar-refractivity contribution in [1.82, 2.24) is 14.8 Å². The summed E-state index contributed by atoms with van der Waals surface area (Å²) < 4.78 is 4.98. The van der Waals surface area contributed by atoms with Crippen molar-refractivity contribution in [2.45, 2.75) is 18.9 Å². The number of likely N-dealkylation sites (tertiary alicyclic amines) is 2. The van der Waals surface area contributed by atoms with Crippen LogP contribution in [0.25, 0.3) is 0 Å². The Morgan fingerprint density at radius 1 is 1.12 bits per heavy atom. The van der Waals surface area contributed by atoms with Gasteiger partial charge in [0.2, 0.25) is 17.7 Å². The summed E-state index contributed by atoms with van der Waals surface area (Å²) in [7, 11) is 1.51. The Morgan fingerprint density at radius 3 is 2.28 bits per heavy atom. The van der Waals surface area contributed by atoms with E-state index in [1.54, 1.807) is 17.0 Å². The van der Waals surface area contributed by atoms with Gasteiger partial charge >= 0.3 is 0 Å². The number of rotatable bonds is 3. The van der Waals surface area contributed by atoms with E-state index in [0.717, 1.165) is 0 Å². The van der Waals surface area contributed by atoms with E-state index in [4.69, 9.17) is 4.74 Å². The predicted octanol–water partition coefficient (Wildman–Crippen LogP) is 0.866. The Bertz CT molecular complexity index is 726. The summed E-state index contributed by atoms with van der Waals surface area (Å²) in [6, 6.07) is 3.09. The summed E-state index contributed by atoms with van der Waals surface area (Å²) in [5.41, 5.74) is 0.469. The molecule has 7 nitrogen and oxygen atoms in total. The SMILES string of the molecule is COc1ccc(C(=O)N2CC(N3C(=O)C4CC=CCC4C3=O)C2)cn1. The third-order valence-electron chi connectivity index (χ3n) is 5.25. The summed E-state index contributed by atoms with van der Waals surface area (Å²) in [4.78, 5) is 44.6. The molecule has 0 N–H and O–H groups in total. The molecule has 3 heterocycles. The number of carbonyl (C=O) groups is 3. The Balaban J connectivity index is 1.41. The van der Waals surface area contributed by atoms with Crippen molar-refractivity contribution in [1.29, 1.82) is 0 Å². The van der Waals surface area contributed by atoms with E-state index in [2.05, 4.69) is 4.98 Å². The minimum atomic E-state index is -0.215. The predicted molar refractivity (Wildman–Crippen MR) is 87.7 cm³/mol. The zero-order valence-corrected chi connectivity index (χ0v) is 13.9. The molecule has 2 aliphatic heterocycles. The first kappa shape index (κ1) is 15.8. The number of hydrogen-bond acceptors (Lipinski definition) is 5. The second-order valence-electron chi connectivity index (χ2n) is 6.66. The molecule has 0 aromatic carbocycles. The Hall–Kier alpha value is -2.70. The van der Waals surface area contributed by atoms with Gasteiger partial charge in [0.05, 0.1) is 30.6 Å². The number of ether oxygens (including phenoxy) is 1. The number of methoxy groups -OCH3 is 1. The van der Waals surface area contributed by atoms with Crippen molar-refractivity contribution in [3.63, 3.8) is 0 Å². The van der Waals surface area contributed by atoms with Crippen LogP contribution in [0.2, 0.25) is 0 Å². The maximum absolute atomic E-state index is 12.5. The van der Waals surface area contributed by atoms with Gasteiger partial charge in [-0.15, -0.1) is 0 Å². The molecule has 1 aromatic heterocycles. The number of fused-ring (bicyclic) bond motifs is 1. The summed E-state index contributed by atoms with van der Waals surface area (Å²) in [5, 5.41) is 0. The van der Waals surface area contributed by atoms with Gasteiger partial charge in [-0.2, -0.15) is 0 Å². The number of imide groups is 1. The van der Waals surface area contributed by atoms with Crippen molar-refractivity contribution >= 4 is 17.7 Å². The van der Waals surface area contributed by atoms with Crippen molar-refractivity contribution in [3.05, 3.63) is 36.0 Å². The van der Waals surface area contributed by atoms with Crippen molar-refractivity contribution < 1.29 is 19.1 Å². The summed E-state index contributed by atoms with van der Waals surface area (Å²) in [6.45, 7) is 0.768. The number of pyridine rings is 1. The van der Waals surface area contributed by atoms with Crippen LogP contribution in [0.3, 0.4) is 0 Å². The number of amides is 3. The van der Waals surface area contributed by atoms with Crippen LogP contribution in [0.4, 0.5) is 0 Å². The van der Waals surface area contributed by atoms with E-state index in [-0.39, 0.29) is 35.6 Å². The molecule has 7 heteroatoms. The van der Waals surface area contributed by atoms with Gasteiger partial charge in [0.1, 0.15) is 0 Å². The lowest BCUT2D eigenvalue weighted by Crippen LogP contribution is -2.62. The standard InChI is InChI=1S/C18H19N3O4/c1-25-15-7-6-11(8-19-15)16(22)20-9-12(10-20)21-17(23)13-4-2-3-5-14(13)18(21)24/h2-3,6-8,12-14H,4-5,9-10H2,1H3. The summed E-state index contributed by atoms with van der Waals surface area (Å²) in [6.07, 6.45) is 6.70. The van der Waals surface area contributed by atoms with Crippen molar-refractivity contribution in [3.8, 4) is 5.88 Å². The molecule has 0 spiro atoms. The third kappa shape index (κ3) is 2.50. The van der Waals surface area contributed by atoms with Crippen molar-refractivity contribution in [2.75, 3.05) is 20.2 Å². The first-order valence-corrected chi connectivity index (χ1v) is 8.41. The van der Waals surface area contributed by atoms with Crippen LogP contribution in [-0.4, -0.2) is 58.7 Å². The van der Waals surface area contributed by atoms with Gasteiger partial charge in [-0.05, 0) is 18.9 Å². The number of hydrogen-bond donors (Lipinski definition) is 0. The minimum Gasteiger partial charge on any atom is -0.481 e. The highest BCUT2D eigenvalue weighted by Crippen LogP contribution is 2.37. The molecule has 1 aliphatic carbocycles. The molecule has 0 bridgehead atoms. The van der Waals surface area contributed by atoms with Gasteiger partial charge in [-0.25, -0.2) is 4.98 Å². The van der Waals surface area contributed by atoms with Crippen LogP contribution in [0.5, 0.6) is 5.88 Å². The highest BCUT2D eigenvalue weighted by atomic mass is 16.5. The van der Waals surface area contributed by atoms with Gasteiger partial charge in [-0.1, -0.05) is 12.2 Å². The summed E-state index contributed by atoms with van der Waals surface area (Å²) >= 11 is 0. The van der Waals surface area contributed by atoms with E-state index in [0.29, 0.717) is 37.4 Å². The summed E-state index contributed by atoms with van der Waals surface area (Å²) in [5.74, 6) is -0.293. The second kappa shape index (κ2) is 5.98. The van der Waals surface area contributed by atoms with E-state index < -0.39 is 0 Å². The lowest BCUT2D eigenvalue weighted by Gasteiger charge is -2.43. The molecule has 1 aromatic rings. The van der Waals surface area contributed by atoms with Gasteiger partial charge in [0, 0.05) is 25.4 Å². The lowest BCUT2D eigenvalue weighted by molar-refractivity contribution is -0.145. The molecule has 0 saturated carbocycles. The Labute approximate surface area is 145 Å². The molecule has 130 valence electrons. The zero-order chi connectivity index (χ0) is 17.6. The molecular weight excluding hydrogens is 322 g/mol. The van der Waals surface area contributed by atoms with Crippen LogP contribution in [0, 0.1) is 11.8 Å². The first-order valence-electron chi connectivity index (χ1n) is 8.41. The Kier molecular flexibility index (Phi) is 3.78. The van der Waals surface area contributed by atoms with Crippen LogP contribution in [-0.2, 0) is 9.59 Å². The number of aromatic nitrogens is 1. The van der Waals surface area contributed by atoms with Crippen LogP contribution in [0.15, 0.2) is 30.5 Å². The van der Waals surface area contributed by atoms with E-state index in [1.807, 2.05) is 12.2 Å². The highest BCUT2D eigenvalue weighted by molar-refractivity contribution is 6.06. The average Bonchev–Trinajstić information content (AvgIpc) is 2.86. The fraction of sp³-hybridized carbons (Fsp3) is 0.444. The normalized spacial score (nSPS) is 25.8. The maximum Gasteiger partial charge on any atom is 0.255 e. The number of nitrogens with zero attached hydrogens (tertiary/aromatic N) is 3. The highest BCUT2D eigenvalue weighted by Gasteiger charge is 2.52. The molecule has 2 saturated heterocycles. The van der Waals surface area contributed by atoms with E-state index in [9.17, 15) is 14.4 Å². The lowest BCUT2D eigenvalue weighted by atomic mass is 9.85. The fourth-order valence-electron chi connectivity index (χ4n) is 3.78. The smallest absolute Gasteiger partial charge is 0.255 e. The molecule has 2 atom stereocenters. The minimum absolute atomic E-state index is 0.0810. The first-order chi connectivity index (χ1) is 12.1. The quantitative estimate of drug-likeness (QED) is 0.602. The number of allylic oxidation sites excluding steroid dienone is 2. The zero-order valence-electron chi connectivity index (χ0n) is 13.9. The van der Waals surface area contributed by atoms with Crippen LogP contribution in [0.1, 0.15) is 23.2 Å². The molecule has 3 amide bonds. The molecular formula is C18H19N3O4. The van der Waals surface area contributed by atoms with Gasteiger partial charge in [-0.3, -0.25) is 19.3 Å².